The summed E-state index contributed by atoms with van der Waals surface area (Å²) in [7, 11) is 0. The zero-order valence-electron chi connectivity index (χ0n) is 13.2. The highest BCUT2D eigenvalue weighted by Gasteiger charge is 2.35. The lowest BCUT2D eigenvalue weighted by Crippen LogP contribution is -2.05. The van der Waals surface area contributed by atoms with Gasteiger partial charge in [-0.1, -0.05) is 47.0 Å². The Morgan fingerprint density at radius 1 is 0.889 bits per heavy atom. The number of hydrogen-bond acceptors (Lipinski definition) is 1. The van der Waals surface area contributed by atoms with Gasteiger partial charge in [-0.05, 0) is 49.4 Å². The van der Waals surface area contributed by atoms with Crippen LogP contribution in [0.5, 0.6) is 0 Å². The van der Waals surface area contributed by atoms with E-state index in [0.717, 1.165) is 18.6 Å². The second-order valence-electron chi connectivity index (χ2n) is 7.75. The van der Waals surface area contributed by atoms with Gasteiger partial charge in [0.25, 0.3) is 0 Å². The fraction of sp³-hybridized carbons (Fsp3) is 1.00. The molecule has 1 aliphatic rings. The van der Waals surface area contributed by atoms with Gasteiger partial charge in [-0.3, -0.25) is 0 Å². The minimum Gasteiger partial charge on any atom is -0.381 e. The van der Waals surface area contributed by atoms with Crippen LogP contribution in [0.25, 0.3) is 0 Å². The average molecular weight is 254 g/mol. The molecule has 0 unspecified atom stereocenters. The first-order chi connectivity index (χ1) is 8.41. The van der Waals surface area contributed by atoms with Gasteiger partial charge in [0.1, 0.15) is 0 Å². The summed E-state index contributed by atoms with van der Waals surface area (Å²) in [4.78, 5) is 0. The lowest BCUT2D eigenvalue weighted by Gasteiger charge is -2.17. The monoisotopic (exact) mass is 254 g/mol. The van der Waals surface area contributed by atoms with Gasteiger partial charge in [-0.2, -0.15) is 0 Å². The predicted octanol–water partition coefficient (Wildman–Crippen LogP) is 5.58. The third-order valence-electron chi connectivity index (χ3n) is 4.14. The molecule has 0 N–H and O–H groups in total. The number of rotatable bonds is 10. The lowest BCUT2D eigenvalue weighted by molar-refractivity contribution is 0.123. The smallest absolute Gasteiger partial charge is 0.0466 e. The normalized spacial score (nSPS) is 18.0. The van der Waals surface area contributed by atoms with E-state index in [2.05, 4.69) is 27.7 Å². The lowest BCUT2D eigenvalue weighted by atomic mass is 9.90. The third kappa shape index (κ3) is 8.97. The van der Waals surface area contributed by atoms with Gasteiger partial charge in [0, 0.05) is 13.2 Å². The first kappa shape index (κ1) is 16.0. The summed E-state index contributed by atoms with van der Waals surface area (Å²) >= 11 is 0. The predicted molar refractivity (Wildman–Crippen MR) is 79.9 cm³/mol. The Hall–Kier alpha value is -0.0400. The molecule has 0 spiro atoms. The molecule has 1 aliphatic carbocycles. The van der Waals surface area contributed by atoms with Crippen LogP contribution in [0.15, 0.2) is 0 Å². The van der Waals surface area contributed by atoms with Crippen LogP contribution in [0.4, 0.5) is 0 Å². The van der Waals surface area contributed by atoms with Crippen molar-refractivity contribution in [2.45, 2.75) is 85.5 Å². The summed E-state index contributed by atoms with van der Waals surface area (Å²) in [5.74, 6) is 0. The van der Waals surface area contributed by atoms with Crippen molar-refractivity contribution in [2.75, 3.05) is 13.2 Å². The van der Waals surface area contributed by atoms with Gasteiger partial charge < -0.3 is 4.74 Å². The molecule has 108 valence electrons. The maximum absolute atomic E-state index is 5.70. The van der Waals surface area contributed by atoms with E-state index in [1.54, 1.807) is 0 Å². The minimum atomic E-state index is 0.485. The average Bonchev–Trinajstić information content (AvgIpc) is 2.98. The molecule has 1 heteroatoms. The van der Waals surface area contributed by atoms with Gasteiger partial charge in [0.15, 0.2) is 0 Å². The molecule has 18 heavy (non-hydrogen) atoms. The molecule has 0 aromatic carbocycles. The van der Waals surface area contributed by atoms with Crippen LogP contribution < -0.4 is 0 Å². The Kier molecular flexibility index (Phi) is 6.70. The second-order valence-corrected chi connectivity index (χ2v) is 7.75. The first-order valence-electron chi connectivity index (χ1n) is 7.99. The van der Waals surface area contributed by atoms with Crippen molar-refractivity contribution in [2.24, 2.45) is 10.8 Å². The van der Waals surface area contributed by atoms with E-state index in [9.17, 15) is 0 Å². The molecule has 1 rings (SSSR count). The highest BCUT2D eigenvalue weighted by Crippen LogP contribution is 2.49. The standard InChI is InChI=1S/C17H34O/c1-16(2,3)10-7-9-15-18-14-8-5-6-11-17(4)12-13-17/h5-15H2,1-4H3. The molecular formula is C17H34O. The zero-order chi connectivity index (χ0) is 13.5. The number of hydrogen-bond donors (Lipinski definition) is 0. The summed E-state index contributed by atoms with van der Waals surface area (Å²) in [5.41, 5.74) is 1.23. The number of ether oxygens (including phenoxy) is 1. The van der Waals surface area contributed by atoms with E-state index in [1.165, 1.54) is 57.8 Å². The Morgan fingerprint density at radius 3 is 2.06 bits per heavy atom. The van der Waals surface area contributed by atoms with Gasteiger partial charge in [0.05, 0.1) is 0 Å². The molecule has 1 nitrogen and oxygen atoms in total. The van der Waals surface area contributed by atoms with Crippen LogP contribution >= 0.6 is 0 Å². The van der Waals surface area contributed by atoms with Gasteiger partial charge >= 0.3 is 0 Å². The quantitative estimate of drug-likeness (QED) is 0.462. The van der Waals surface area contributed by atoms with E-state index in [4.69, 9.17) is 4.74 Å². The minimum absolute atomic E-state index is 0.485. The van der Waals surface area contributed by atoms with E-state index < -0.39 is 0 Å². The van der Waals surface area contributed by atoms with Crippen molar-refractivity contribution in [1.29, 1.82) is 0 Å². The molecule has 0 bridgehead atoms. The van der Waals surface area contributed by atoms with Crippen LogP contribution in [-0.2, 0) is 4.74 Å². The summed E-state index contributed by atoms with van der Waals surface area (Å²) in [6, 6.07) is 0. The molecule has 0 aromatic rings. The second kappa shape index (κ2) is 7.53. The maximum atomic E-state index is 5.70. The Balaban J connectivity index is 1.73. The van der Waals surface area contributed by atoms with E-state index in [0.29, 0.717) is 5.41 Å². The van der Waals surface area contributed by atoms with Crippen LogP contribution in [0.3, 0.4) is 0 Å². The number of unbranched alkanes of at least 4 members (excludes halogenated alkanes) is 3. The van der Waals surface area contributed by atoms with Crippen LogP contribution in [-0.4, -0.2) is 13.2 Å². The molecule has 0 aromatic heterocycles. The Morgan fingerprint density at radius 2 is 1.50 bits per heavy atom. The molecule has 0 radical (unpaired) electrons. The summed E-state index contributed by atoms with van der Waals surface area (Å²) in [6.45, 7) is 11.3. The summed E-state index contributed by atoms with van der Waals surface area (Å²) in [5, 5.41) is 0. The molecular weight excluding hydrogens is 220 g/mol. The zero-order valence-corrected chi connectivity index (χ0v) is 13.2. The largest absolute Gasteiger partial charge is 0.381 e. The van der Waals surface area contributed by atoms with E-state index in [-0.39, 0.29) is 0 Å². The van der Waals surface area contributed by atoms with Gasteiger partial charge in [0.2, 0.25) is 0 Å². The molecule has 0 atom stereocenters. The van der Waals surface area contributed by atoms with E-state index >= 15 is 0 Å². The van der Waals surface area contributed by atoms with E-state index in [1.807, 2.05) is 0 Å². The van der Waals surface area contributed by atoms with Crippen LogP contribution in [0.2, 0.25) is 0 Å². The van der Waals surface area contributed by atoms with Gasteiger partial charge in [-0.15, -0.1) is 0 Å². The summed E-state index contributed by atoms with van der Waals surface area (Å²) in [6.07, 6.45) is 12.3. The Labute approximate surface area is 115 Å². The maximum Gasteiger partial charge on any atom is 0.0466 e. The van der Waals surface area contributed by atoms with Crippen molar-refractivity contribution < 1.29 is 4.74 Å². The topological polar surface area (TPSA) is 9.23 Å². The van der Waals surface area contributed by atoms with Crippen LogP contribution in [0, 0.1) is 10.8 Å². The molecule has 0 heterocycles. The molecule has 1 fully saturated rings. The third-order valence-corrected chi connectivity index (χ3v) is 4.14. The molecule has 1 saturated carbocycles. The van der Waals surface area contributed by atoms with Crippen molar-refractivity contribution in [3.8, 4) is 0 Å². The first-order valence-corrected chi connectivity index (χ1v) is 7.99. The van der Waals surface area contributed by atoms with Crippen molar-refractivity contribution in [1.82, 2.24) is 0 Å². The highest BCUT2D eigenvalue weighted by molar-refractivity contribution is 4.87. The fourth-order valence-corrected chi connectivity index (χ4v) is 2.36. The Bertz CT molecular complexity index is 197. The fourth-order valence-electron chi connectivity index (χ4n) is 2.36. The van der Waals surface area contributed by atoms with Crippen molar-refractivity contribution in [3.63, 3.8) is 0 Å². The SMILES string of the molecule is CC(C)(C)CCCCOCCCCCC1(C)CC1. The van der Waals surface area contributed by atoms with Crippen molar-refractivity contribution >= 4 is 0 Å². The molecule has 0 amide bonds. The molecule has 0 aliphatic heterocycles. The summed E-state index contributed by atoms with van der Waals surface area (Å²) < 4.78 is 5.70. The molecule has 0 saturated heterocycles. The highest BCUT2D eigenvalue weighted by atomic mass is 16.5. The van der Waals surface area contributed by atoms with Crippen molar-refractivity contribution in [3.05, 3.63) is 0 Å². The van der Waals surface area contributed by atoms with Crippen LogP contribution in [0.1, 0.15) is 85.5 Å². The van der Waals surface area contributed by atoms with Gasteiger partial charge in [-0.25, -0.2) is 0 Å².